The van der Waals surface area contributed by atoms with Crippen molar-refractivity contribution in [1.82, 2.24) is 9.97 Å². The Balaban J connectivity index is 1.09. The Morgan fingerprint density at radius 2 is 1.29 bits per heavy atom. The van der Waals surface area contributed by atoms with E-state index in [1.807, 2.05) is 17.4 Å². The zero-order valence-electron chi connectivity index (χ0n) is 28.0. The van der Waals surface area contributed by atoms with Crippen molar-refractivity contribution in [3.63, 3.8) is 0 Å². The van der Waals surface area contributed by atoms with Crippen LogP contribution in [-0.4, -0.2) is 9.97 Å². The summed E-state index contributed by atoms with van der Waals surface area (Å²) in [5.41, 5.74) is 14.9. The summed E-state index contributed by atoms with van der Waals surface area (Å²) in [5, 5.41) is 1.26. The third kappa shape index (κ3) is 5.07. The fourth-order valence-corrected chi connectivity index (χ4v) is 9.21. The number of hydrogen-bond donors (Lipinski definition) is 0. The molecule has 49 heavy (non-hydrogen) atoms. The first-order valence-electron chi connectivity index (χ1n) is 17.6. The lowest BCUT2D eigenvalue weighted by atomic mass is 9.76. The summed E-state index contributed by atoms with van der Waals surface area (Å²) in [7, 11) is 0. The molecule has 2 aromatic heterocycles. The van der Waals surface area contributed by atoms with Crippen LogP contribution in [0.25, 0.3) is 78.4 Å². The molecule has 1 unspecified atom stereocenters. The summed E-state index contributed by atoms with van der Waals surface area (Å²) in [5.74, 6) is 0.780. The zero-order chi connectivity index (χ0) is 33.0. The fourth-order valence-electron chi connectivity index (χ4n) is 7.98. The number of rotatable bonds is 7. The molecule has 1 atom stereocenters. The minimum Gasteiger partial charge on any atom is -0.226 e. The van der Waals surface area contributed by atoms with E-state index in [1.165, 1.54) is 73.5 Å². The average Bonchev–Trinajstić information content (AvgIpc) is 3.67. The highest BCUT2D eigenvalue weighted by atomic mass is 32.1. The quantitative estimate of drug-likeness (QED) is 0.172. The van der Waals surface area contributed by atoms with Gasteiger partial charge in [0.15, 0.2) is 5.82 Å². The van der Waals surface area contributed by atoms with E-state index >= 15 is 0 Å². The summed E-state index contributed by atoms with van der Waals surface area (Å²) in [6.45, 7) is 4.73. The second-order valence-corrected chi connectivity index (χ2v) is 14.8. The molecule has 2 heterocycles. The van der Waals surface area contributed by atoms with Crippen LogP contribution in [0.15, 0.2) is 121 Å². The van der Waals surface area contributed by atoms with Gasteiger partial charge >= 0.3 is 0 Å². The van der Waals surface area contributed by atoms with E-state index in [0.717, 1.165) is 45.7 Å². The number of unbranched alkanes of at least 4 members (excludes halogenated alkanes) is 1. The monoisotopic (exact) mass is 650 g/mol. The van der Waals surface area contributed by atoms with Crippen LogP contribution in [0, 0.1) is 0 Å². The SMILES string of the molecule is CCCCC1(C)c2ccccc2-c2cc(-c3cccc(-c4ccc(-c5nc(-c6ccccc6)nc6c7c(sc56)=CCCC=7)cc4)c3)ccc21. The molecule has 2 aliphatic carbocycles. The Hall–Kier alpha value is -5.12. The highest BCUT2D eigenvalue weighted by Gasteiger charge is 2.38. The van der Waals surface area contributed by atoms with E-state index in [2.05, 4.69) is 141 Å². The maximum absolute atomic E-state index is 5.18. The van der Waals surface area contributed by atoms with Crippen LogP contribution in [-0.2, 0) is 5.41 Å². The first kappa shape index (κ1) is 30.0. The molecular formula is C46H38N2S. The minimum absolute atomic E-state index is 0.0696. The molecule has 5 aromatic carbocycles. The van der Waals surface area contributed by atoms with E-state index in [0.29, 0.717) is 0 Å². The molecule has 0 radical (unpaired) electrons. The molecule has 0 amide bonds. The first-order valence-corrected chi connectivity index (χ1v) is 18.4. The molecule has 3 heteroatoms. The van der Waals surface area contributed by atoms with Gasteiger partial charge in [-0.2, -0.15) is 0 Å². The molecule has 7 aromatic rings. The molecule has 0 N–H and O–H groups in total. The lowest BCUT2D eigenvalue weighted by Gasteiger charge is -2.27. The Morgan fingerprint density at radius 1 is 0.612 bits per heavy atom. The van der Waals surface area contributed by atoms with Gasteiger partial charge < -0.3 is 0 Å². The first-order chi connectivity index (χ1) is 24.1. The third-order valence-corrected chi connectivity index (χ3v) is 11.8. The summed E-state index contributed by atoms with van der Waals surface area (Å²) < 4.78 is 2.48. The normalized spacial score (nSPS) is 16.0. The van der Waals surface area contributed by atoms with E-state index in [1.54, 1.807) is 0 Å². The highest BCUT2D eigenvalue weighted by molar-refractivity contribution is 7.17. The summed E-state index contributed by atoms with van der Waals surface area (Å²) >= 11 is 1.82. The van der Waals surface area contributed by atoms with E-state index in [9.17, 15) is 0 Å². The van der Waals surface area contributed by atoms with E-state index in [4.69, 9.17) is 9.97 Å². The molecule has 2 nitrogen and oxygen atoms in total. The molecule has 0 bridgehead atoms. The van der Waals surface area contributed by atoms with Gasteiger partial charge in [-0.3, -0.25) is 0 Å². The molecule has 2 aliphatic rings. The average molecular weight is 651 g/mol. The predicted octanol–water partition coefficient (Wildman–Crippen LogP) is 11.2. The zero-order valence-corrected chi connectivity index (χ0v) is 28.9. The number of fused-ring (bicyclic) bond motifs is 6. The van der Waals surface area contributed by atoms with E-state index < -0.39 is 0 Å². The molecule has 0 spiro atoms. The van der Waals surface area contributed by atoms with Crippen molar-refractivity contribution in [3.05, 3.63) is 142 Å². The van der Waals surface area contributed by atoms with Crippen molar-refractivity contribution in [2.24, 2.45) is 0 Å². The van der Waals surface area contributed by atoms with Crippen LogP contribution < -0.4 is 9.75 Å². The van der Waals surface area contributed by atoms with Crippen molar-refractivity contribution in [3.8, 4) is 56.0 Å². The van der Waals surface area contributed by atoms with Crippen molar-refractivity contribution >= 4 is 33.7 Å². The fraction of sp³-hybridized carbons (Fsp3) is 0.174. The van der Waals surface area contributed by atoms with Gasteiger partial charge in [-0.15, -0.1) is 11.3 Å². The van der Waals surface area contributed by atoms with Crippen LogP contribution in [0.2, 0.25) is 0 Å². The second-order valence-electron chi connectivity index (χ2n) is 13.7. The molecular weight excluding hydrogens is 613 g/mol. The maximum atomic E-state index is 5.18. The molecule has 0 aliphatic heterocycles. The molecule has 238 valence electrons. The summed E-state index contributed by atoms with van der Waals surface area (Å²) in [4.78, 5) is 10.3. The van der Waals surface area contributed by atoms with Gasteiger partial charge in [0.2, 0.25) is 0 Å². The Morgan fingerprint density at radius 3 is 2.12 bits per heavy atom. The second kappa shape index (κ2) is 12.1. The number of hydrogen-bond acceptors (Lipinski definition) is 3. The van der Waals surface area contributed by atoms with Crippen LogP contribution in [0.5, 0.6) is 0 Å². The van der Waals surface area contributed by atoms with Gasteiger partial charge in [0.05, 0.1) is 15.9 Å². The molecule has 0 saturated heterocycles. The van der Waals surface area contributed by atoms with Gasteiger partial charge in [-0.25, -0.2) is 9.97 Å². The topological polar surface area (TPSA) is 25.8 Å². The smallest absolute Gasteiger partial charge is 0.160 e. The lowest BCUT2D eigenvalue weighted by Crippen LogP contribution is -2.21. The minimum atomic E-state index is 0.0696. The van der Waals surface area contributed by atoms with Crippen LogP contribution >= 0.6 is 11.3 Å². The molecule has 0 fully saturated rings. The van der Waals surface area contributed by atoms with Crippen molar-refractivity contribution in [2.45, 2.75) is 51.4 Å². The van der Waals surface area contributed by atoms with Gasteiger partial charge in [-0.05, 0) is 75.9 Å². The number of aromatic nitrogens is 2. The van der Waals surface area contributed by atoms with Crippen LogP contribution in [0.3, 0.4) is 0 Å². The number of nitrogens with zero attached hydrogens (tertiary/aromatic N) is 2. The Labute approximate surface area is 292 Å². The van der Waals surface area contributed by atoms with Crippen molar-refractivity contribution in [1.29, 1.82) is 0 Å². The number of thiophene rings is 1. The largest absolute Gasteiger partial charge is 0.226 e. The predicted molar refractivity (Wildman–Crippen MR) is 208 cm³/mol. The molecule has 0 saturated carbocycles. The molecule has 9 rings (SSSR count). The van der Waals surface area contributed by atoms with Crippen LogP contribution in [0.4, 0.5) is 0 Å². The van der Waals surface area contributed by atoms with Gasteiger partial charge in [0.1, 0.15) is 0 Å². The summed E-state index contributed by atoms with van der Waals surface area (Å²) in [6.07, 6.45) is 10.5. The Bertz CT molecular complexity index is 2490. The van der Waals surface area contributed by atoms with Gasteiger partial charge in [-0.1, -0.05) is 148 Å². The third-order valence-electron chi connectivity index (χ3n) is 10.6. The van der Waals surface area contributed by atoms with Crippen molar-refractivity contribution < 1.29 is 0 Å². The van der Waals surface area contributed by atoms with Crippen molar-refractivity contribution in [2.75, 3.05) is 0 Å². The van der Waals surface area contributed by atoms with Crippen LogP contribution in [0.1, 0.15) is 57.1 Å². The Kier molecular flexibility index (Phi) is 7.39. The van der Waals surface area contributed by atoms with Gasteiger partial charge in [0, 0.05) is 26.3 Å². The van der Waals surface area contributed by atoms with Gasteiger partial charge in [0.25, 0.3) is 0 Å². The standard InChI is InChI=1S/C46H38N2S/c1-3-4-27-46(2)39-19-10-8-17-36(39)38-29-35(25-26-40(38)46)34-16-12-15-33(28-34)30-21-23-31(24-22-30)42-44-43(37-18-9-11-20-41(37)49-44)48-45(47-42)32-13-6-5-7-14-32/h5-8,10,12-26,28-29H,3-4,9,11,27H2,1-2H3. The van der Waals surface area contributed by atoms with E-state index in [-0.39, 0.29) is 5.41 Å². The summed E-state index contributed by atoms with van der Waals surface area (Å²) in [6, 6.07) is 44.5. The lowest BCUT2D eigenvalue weighted by molar-refractivity contribution is 0.504. The highest BCUT2D eigenvalue weighted by Crippen LogP contribution is 2.52. The maximum Gasteiger partial charge on any atom is 0.160 e. The number of benzene rings is 5.